The quantitative estimate of drug-likeness (QED) is 0.863. The van der Waals surface area contributed by atoms with Gasteiger partial charge in [-0.1, -0.05) is 17.7 Å². The van der Waals surface area contributed by atoms with Gasteiger partial charge in [-0.3, -0.25) is 4.79 Å². The highest BCUT2D eigenvalue weighted by Crippen LogP contribution is 2.29. The van der Waals surface area contributed by atoms with E-state index in [1.807, 2.05) is 6.92 Å². The summed E-state index contributed by atoms with van der Waals surface area (Å²) in [5.41, 5.74) is -0.861. The number of aliphatic carboxylic acids is 1. The Kier molecular flexibility index (Phi) is 5.36. The van der Waals surface area contributed by atoms with E-state index in [0.29, 0.717) is 30.3 Å². The third-order valence-corrected chi connectivity index (χ3v) is 4.19. The largest absolute Gasteiger partial charge is 0.489 e. The number of likely N-dealkylation sites (tertiary alicyclic amines) is 1. The van der Waals surface area contributed by atoms with Crippen LogP contribution in [0.3, 0.4) is 0 Å². The van der Waals surface area contributed by atoms with E-state index in [-0.39, 0.29) is 18.7 Å². The van der Waals surface area contributed by atoms with Gasteiger partial charge in [0.25, 0.3) is 0 Å². The van der Waals surface area contributed by atoms with E-state index < -0.39 is 11.4 Å². The highest BCUT2D eigenvalue weighted by atomic mass is 35.5. The number of ether oxygens (including phenoxy) is 1. The molecule has 0 aliphatic carbocycles. The summed E-state index contributed by atoms with van der Waals surface area (Å²) in [4.78, 5) is 24.8. The monoisotopic (exact) mass is 340 g/mol. The van der Waals surface area contributed by atoms with Gasteiger partial charge in [0.05, 0.1) is 12.0 Å². The van der Waals surface area contributed by atoms with Crippen LogP contribution in [0.5, 0.6) is 5.75 Å². The number of benzene rings is 1. The van der Waals surface area contributed by atoms with Gasteiger partial charge in [-0.15, -0.1) is 0 Å². The molecule has 2 N–H and O–H groups in total. The lowest BCUT2D eigenvalue weighted by Crippen LogP contribution is -2.43. The molecule has 0 spiro atoms. The summed E-state index contributed by atoms with van der Waals surface area (Å²) >= 11 is 5.89. The van der Waals surface area contributed by atoms with Gasteiger partial charge < -0.3 is 20.1 Å². The van der Waals surface area contributed by atoms with E-state index in [1.165, 1.54) is 4.90 Å². The van der Waals surface area contributed by atoms with Gasteiger partial charge in [0.15, 0.2) is 0 Å². The molecule has 2 amide bonds. The molecule has 7 heteroatoms. The molecule has 2 atom stereocenters. The van der Waals surface area contributed by atoms with E-state index in [1.54, 1.807) is 31.2 Å². The molecule has 1 heterocycles. The first kappa shape index (κ1) is 17.4. The van der Waals surface area contributed by atoms with E-state index >= 15 is 0 Å². The summed E-state index contributed by atoms with van der Waals surface area (Å²) < 4.78 is 5.68. The molecular formula is C16H21ClN2O4. The van der Waals surface area contributed by atoms with Crippen LogP contribution in [-0.2, 0) is 4.79 Å². The lowest BCUT2D eigenvalue weighted by Gasteiger charge is -2.22. The average Bonchev–Trinajstić information content (AvgIpc) is 2.89. The van der Waals surface area contributed by atoms with Crippen LogP contribution >= 0.6 is 11.6 Å². The number of carbonyl (C=O) groups excluding carboxylic acids is 1. The number of rotatable bonds is 5. The second-order valence-electron chi connectivity index (χ2n) is 6.11. The zero-order chi connectivity index (χ0) is 17.0. The maximum Gasteiger partial charge on any atom is 0.317 e. The SMILES string of the molecule is CC(CNC(=O)N1CCC(C)(C(=O)O)C1)Oc1cccc(Cl)c1. The minimum Gasteiger partial charge on any atom is -0.489 e. The highest BCUT2D eigenvalue weighted by Gasteiger charge is 2.42. The third-order valence-electron chi connectivity index (χ3n) is 3.95. The van der Waals surface area contributed by atoms with Crippen LogP contribution < -0.4 is 10.1 Å². The second-order valence-corrected chi connectivity index (χ2v) is 6.55. The Morgan fingerprint density at radius 1 is 1.52 bits per heavy atom. The fourth-order valence-electron chi connectivity index (χ4n) is 2.47. The second kappa shape index (κ2) is 7.08. The van der Waals surface area contributed by atoms with Crippen LogP contribution in [0, 0.1) is 5.41 Å². The van der Waals surface area contributed by atoms with Gasteiger partial charge >= 0.3 is 12.0 Å². The minimum atomic E-state index is -0.870. The van der Waals surface area contributed by atoms with E-state index in [9.17, 15) is 14.7 Å². The minimum absolute atomic E-state index is 0.220. The van der Waals surface area contributed by atoms with Gasteiger partial charge in [-0.2, -0.15) is 0 Å². The van der Waals surface area contributed by atoms with Crippen molar-refractivity contribution in [2.45, 2.75) is 26.4 Å². The molecule has 126 valence electrons. The normalized spacial score (nSPS) is 21.8. The molecule has 0 bridgehead atoms. The summed E-state index contributed by atoms with van der Waals surface area (Å²) in [6, 6.07) is 6.78. The third kappa shape index (κ3) is 4.51. The van der Waals surface area contributed by atoms with Crippen molar-refractivity contribution < 1.29 is 19.4 Å². The predicted octanol–water partition coefficient (Wildman–Crippen LogP) is 2.61. The fourth-order valence-corrected chi connectivity index (χ4v) is 2.65. The van der Waals surface area contributed by atoms with Crippen molar-refractivity contribution in [2.75, 3.05) is 19.6 Å². The van der Waals surface area contributed by atoms with Gasteiger partial charge in [-0.25, -0.2) is 4.79 Å². The zero-order valence-electron chi connectivity index (χ0n) is 13.2. The number of urea groups is 1. The number of amides is 2. The van der Waals surface area contributed by atoms with Crippen molar-refractivity contribution >= 4 is 23.6 Å². The van der Waals surface area contributed by atoms with Crippen molar-refractivity contribution in [2.24, 2.45) is 5.41 Å². The number of carbonyl (C=O) groups is 2. The Hall–Kier alpha value is -1.95. The zero-order valence-corrected chi connectivity index (χ0v) is 14.0. The van der Waals surface area contributed by atoms with Crippen molar-refractivity contribution in [3.8, 4) is 5.75 Å². The van der Waals surface area contributed by atoms with E-state index in [0.717, 1.165) is 0 Å². The summed E-state index contributed by atoms with van der Waals surface area (Å²) in [5.74, 6) is -0.232. The molecule has 1 aromatic rings. The lowest BCUT2D eigenvalue weighted by molar-refractivity contribution is -0.147. The molecule has 1 fully saturated rings. The Balaban J connectivity index is 1.79. The van der Waals surface area contributed by atoms with Gasteiger partial charge in [0, 0.05) is 18.1 Å². The topological polar surface area (TPSA) is 78.9 Å². The van der Waals surface area contributed by atoms with Crippen molar-refractivity contribution in [1.82, 2.24) is 10.2 Å². The van der Waals surface area contributed by atoms with Crippen LogP contribution in [-0.4, -0.2) is 47.7 Å². The number of nitrogens with one attached hydrogen (secondary N) is 1. The molecule has 2 unspecified atom stereocenters. The van der Waals surface area contributed by atoms with Gasteiger partial charge in [0.2, 0.25) is 0 Å². The van der Waals surface area contributed by atoms with Crippen LogP contribution in [0.15, 0.2) is 24.3 Å². The van der Waals surface area contributed by atoms with Crippen LogP contribution in [0.2, 0.25) is 5.02 Å². The number of hydrogen-bond donors (Lipinski definition) is 2. The maximum absolute atomic E-state index is 12.1. The summed E-state index contributed by atoms with van der Waals surface area (Å²) in [7, 11) is 0. The Labute approximate surface area is 140 Å². The molecule has 1 aliphatic rings. The predicted molar refractivity (Wildman–Crippen MR) is 86.9 cm³/mol. The van der Waals surface area contributed by atoms with E-state index in [2.05, 4.69) is 5.32 Å². The Bertz CT molecular complexity index is 595. The van der Waals surface area contributed by atoms with Crippen LogP contribution in [0.1, 0.15) is 20.3 Å². The fraction of sp³-hybridized carbons (Fsp3) is 0.500. The first-order valence-corrected chi connectivity index (χ1v) is 7.86. The molecule has 23 heavy (non-hydrogen) atoms. The first-order valence-electron chi connectivity index (χ1n) is 7.48. The Morgan fingerprint density at radius 3 is 2.87 bits per heavy atom. The van der Waals surface area contributed by atoms with Gasteiger partial charge in [-0.05, 0) is 38.5 Å². The lowest BCUT2D eigenvalue weighted by atomic mass is 9.90. The molecule has 1 saturated heterocycles. The number of hydrogen-bond acceptors (Lipinski definition) is 3. The number of halogens is 1. The molecular weight excluding hydrogens is 320 g/mol. The molecule has 1 aliphatic heterocycles. The molecule has 0 saturated carbocycles. The first-order chi connectivity index (χ1) is 10.8. The molecule has 2 rings (SSSR count). The summed E-state index contributed by atoms with van der Waals surface area (Å²) in [5, 5.41) is 12.5. The average molecular weight is 341 g/mol. The number of carboxylic acids is 1. The number of nitrogens with zero attached hydrogens (tertiary/aromatic N) is 1. The molecule has 0 radical (unpaired) electrons. The van der Waals surface area contributed by atoms with Crippen LogP contribution in [0.4, 0.5) is 4.79 Å². The molecule has 0 aromatic heterocycles. The summed E-state index contributed by atoms with van der Waals surface area (Å²) in [6.45, 7) is 4.49. The number of carboxylic acid groups (broad SMARTS) is 1. The standard InChI is InChI=1S/C16H21ClN2O4/c1-11(23-13-5-3-4-12(17)8-13)9-18-15(22)19-7-6-16(2,10-19)14(20)21/h3-5,8,11H,6-7,9-10H2,1-2H3,(H,18,22)(H,20,21). The van der Waals surface area contributed by atoms with Crippen LogP contribution in [0.25, 0.3) is 0 Å². The molecule has 6 nitrogen and oxygen atoms in total. The van der Waals surface area contributed by atoms with Crippen molar-refractivity contribution in [1.29, 1.82) is 0 Å². The highest BCUT2D eigenvalue weighted by molar-refractivity contribution is 6.30. The van der Waals surface area contributed by atoms with E-state index in [4.69, 9.17) is 16.3 Å². The summed E-state index contributed by atoms with van der Waals surface area (Å²) in [6.07, 6.45) is 0.232. The van der Waals surface area contributed by atoms with Crippen molar-refractivity contribution in [3.63, 3.8) is 0 Å². The molecule has 1 aromatic carbocycles. The van der Waals surface area contributed by atoms with Gasteiger partial charge in [0.1, 0.15) is 11.9 Å². The maximum atomic E-state index is 12.1. The Morgan fingerprint density at radius 2 is 2.26 bits per heavy atom. The van der Waals surface area contributed by atoms with Crippen molar-refractivity contribution in [3.05, 3.63) is 29.3 Å². The smallest absolute Gasteiger partial charge is 0.317 e.